The van der Waals surface area contributed by atoms with Crippen molar-refractivity contribution in [1.82, 2.24) is 5.32 Å². The lowest BCUT2D eigenvalue weighted by molar-refractivity contribution is -0.143. The van der Waals surface area contributed by atoms with Gasteiger partial charge in [-0.05, 0) is 5.92 Å². The van der Waals surface area contributed by atoms with Crippen LogP contribution in [0.4, 0.5) is 0 Å². The van der Waals surface area contributed by atoms with Crippen LogP contribution in [0.2, 0.25) is 0 Å². The minimum atomic E-state index is -1.26. The number of carboxylic acids is 1. The molecule has 15 heavy (non-hydrogen) atoms. The quantitative estimate of drug-likeness (QED) is 0.554. The molecule has 0 saturated carbocycles. The van der Waals surface area contributed by atoms with Crippen molar-refractivity contribution in [2.45, 2.75) is 32.7 Å². The number of amides is 2. The van der Waals surface area contributed by atoms with E-state index in [2.05, 4.69) is 5.32 Å². The molecular formula is C9H16N2O4. The first-order chi connectivity index (χ1) is 6.82. The summed E-state index contributed by atoms with van der Waals surface area (Å²) in [6.45, 7) is 3.67. The van der Waals surface area contributed by atoms with Gasteiger partial charge in [-0.2, -0.15) is 0 Å². The van der Waals surface area contributed by atoms with Crippen LogP contribution in [0.25, 0.3) is 0 Å². The maximum Gasteiger partial charge on any atom is 0.326 e. The van der Waals surface area contributed by atoms with Crippen molar-refractivity contribution in [3.63, 3.8) is 0 Å². The fourth-order valence-corrected chi connectivity index (χ4v) is 1.03. The molecular weight excluding hydrogens is 200 g/mol. The van der Waals surface area contributed by atoms with Crippen LogP contribution < -0.4 is 11.1 Å². The van der Waals surface area contributed by atoms with Gasteiger partial charge in [0.1, 0.15) is 6.04 Å². The Labute approximate surface area is 87.8 Å². The van der Waals surface area contributed by atoms with Crippen LogP contribution in [-0.2, 0) is 14.4 Å². The molecule has 0 unspecified atom stereocenters. The van der Waals surface area contributed by atoms with Crippen molar-refractivity contribution in [2.24, 2.45) is 11.7 Å². The van der Waals surface area contributed by atoms with Gasteiger partial charge in [0.25, 0.3) is 0 Å². The third-order valence-corrected chi connectivity index (χ3v) is 1.63. The number of hydrogen-bond acceptors (Lipinski definition) is 3. The Morgan fingerprint density at radius 3 is 2.13 bits per heavy atom. The van der Waals surface area contributed by atoms with Crippen molar-refractivity contribution in [3.8, 4) is 0 Å². The summed E-state index contributed by atoms with van der Waals surface area (Å²) in [5.74, 6) is -2.27. The number of hydrogen-bond donors (Lipinski definition) is 3. The van der Waals surface area contributed by atoms with Gasteiger partial charge in [-0.1, -0.05) is 13.8 Å². The predicted molar refractivity (Wildman–Crippen MR) is 52.8 cm³/mol. The highest BCUT2D eigenvalue weighted by atomic mass is 16.4. The first-order valence-electron chi connectivity index (χ1n) is 4.63. The number of primary amides is 1. The van der Waals surface area contributed by atoms with E-state index in [9.17, 15) is 14.4 Å². The maximum atomic E-state index is 11.2. The Balaban J connectivity index is 4.22. The highest BCUT2D eigenvalue weighted by Gasteiger charge is 2.22. The zero-order valence-electron chi connectivity index (χ0n) is 8.82. The van der Waals surface area contributed by atoms with Gasteiger partial charge in [-0.3, -0.25) is 9.59 Å². The maximum absolute atomic E-state index is 11.2. The van der Waals surface area contributed by atoms with Crippen molar-refractivity contribution in [3.05, 3.63) is 0 Å². The summed E-state index contributed by atoms with van der Waals surface area (Å²) < 4.78 is 0. The molecule has 0 rings (SSSR count). The van der Waals surface area contributed by atoms with E-state index >= 15 is 0 Å². The summed E-state index contributed by atoms with van der Waals surface area (Å²) in [4.78, 5) is 32.4. The predicted octanol–water partition coefficient (Wildman–Crippen LogP) is -0.523. The van der Waals surface area contributed by atoms with Crippen LogP contribution >= 0.6 is 0 Å². The van der Waals surface area contributed by atoms with E-state index in [-0.39, 0.29) is 18.8 Å². The molecule has 0 aromatic rings. The minimum Gasteiger partial charge on any atom is -0.480 e. The second kappa shape index (κ2) is 6.00. The lowest BCUT2D eigenvalue weighted by Crippen LogP contribution is -2.43. The molecule has 0 fully saturated rings. The summed E-state index contributed by atoms with van der Waals surface area (Å²) in [5, 5.41) is 10.9. The van der Waals surface area contributed by atoms with E-state index in [1.165, 1.54) is 0 Å². The Hall–Kier alpha value is -1.59. The number of nitrogens with two attached hydrogens (primary N) is 1. The average molecular weight is 216 g/mol. The highest BCUT2D eigenvalue weighted by molar-refractivity contribution is 5.88. The second-order valence-corrected chi connectivity index (χ2v) is 3.73. The fraction of sp³-hybridized carbons (Fsp3) is 0.667. The van der Waals surface area contributed by atoms with Crippen molar-refractivity contribution < 1.29 is 19.5 Å². The molecule has 4 N–H and O–H groups in total. The van der Waals surface area contributed by atoms with Crippen LogP contribution in [0.15, 0.2) is 0 Å². The molecule has 0 heterocycles. The molecule has 0 spiro atoms. The molecule has 86 valence electrons. The molecule has 0 bridgehead atoms. The van der Waals surface area contributed by atoms with Gasteiger partial charge in [0.05, 0.1) is 6.42 Å². The first-order valence-corrected chi connectivity index (χ1v) is 4.63. The van der Waals surface area contributed by atoms with Crippen molar-refractivity contribution in [2.75, 3.05) is 0 Å². The Morgan fingerprint density at radius 2 is 1.80 bits per heavy atom. The SMILES string of the molecule is CC(C)CC(=O)N[C@@H](CC(N)=O)C(=O)O. The smallest absolute Gasteiger partial charge is 0.326 e. The molecule has 0 aliphatic heterocycles. The Morgan fingerprint density at radius 1 is 1.27 bits per heavy atom. The van der Waals surface area contributed by atoms with E-state index in [4.69, 9.17) is 10.8 Å². The molecule has 0 aliphatic carbocycles. The third-order valence-electron chi connectivity index (χ3n) is 1.63. The van der Waals surface area contributed by atoms with E-state index < -0.39 is 23.8 Å². The van der Waals surface area contributed by atoms with Crippen molar-refractivity contribution >= 4 is 17.8 Å². The molecule has 0 aromatic heterocycles. The van der Waals surface area contributed by atoms with Crippen LogP contribution in [0, 0.1) is 5.92 Å². The summed E-state index contributed by atoms with van der Waals surface area (Å²) in [5.41, 5.74) is 4.85. The molecule has 6 nitrogen and oxygen atoms in total. The lowest BCUT2D eigenvalue weighted by Gasteiger charge is -2.13. The zero-order chi connectivity index (χ0) is 12.0. The van der Waals surface area contributed by atoms with E-state index in [1.54, 1.807) is 0 Å². The molecule has 1 atom stereocenters. The third kappa shape index (κ3) is 6.48. The summed E-state index contributed by atoms with van der Waals surface area (Å²) in [6.07, 6.45) is -0.165. The summed E-state index contributed by atoms with van der Waals surface area (Å²) in [7, 11) is 0. The Kier molecular flexibility index (Phi) is 5.36. The normalized spacial score (nSPS) is 12.2. The standard InChI is InChI=1S/C9H16N2O4/c1-5(2)3-8(13)11-6(9(14)15)4-7(10)12/h5-6H,3-4H2,1-2H3,(H2,10,12)(H,11,13)(H,14,15)/t6-/m0/s1. The van der Waals surface area contributed by atoms with Gasteiger partial charge in [-0.15, -0.1) is 0 Å². The fourth-order valence-electron chi connectivity index (χ4n) is 1.03. The van der Waals surface area contributed by atoms with E-state index in [0.717, 1.165) is 0 Å². The molecule has 6 heteroatoms. The topological polar surface area (TPSA) is 109 Å². The average Bonchev–Trinajstić information content (AvgIpc) is 1.99. The van der Waals surface area contributed by atoms with Gasteiger partial charge in [-0.25, -0.2) is 4.79 Å². The number of aliphatic carboxylic acids is 1. The van der Waals surface area contributed by atoms with Crippen molar-refractivity contribution in [1.29, 1.82) is 0 Å². The highest BCUT2D eigenvalue weighted by Crippen LogP contribution is 2.00. The monoisotopic (exact) mass is 216 g/mol. The van der Waals surface area contributed by atoms with Gasteiger partial charge in [0.2, 0.25) is 11.8 Å². The molecule has 0 radical (unpaired) electrons. The van der Waals surface area contributed by atoms with Crippen LogP contribution in [0.3, 0.4) is 0 Å². The summed E-state index contributed by atoms with van der Waals surface area (Å²) in [6, 6.07) is -1.23. The minimum absolute atomic E-state index is 0.132. The Bertz CT molecular complexity index is 263. The largest absolute Gasteiger partial charge is 0.480 e. The first kappa shape index (κ1) is 13.4. The van der Waals surface area contributed by atoms with Gasteiger partial charge in [0, 0.05) is 6.42 Å². The van der Waals surface area contributed by atoms with E-state index in [0.29, 0.717) is 0 Å². The number of rotatable bonds is 6. The summed E-state index contributed by atoms with van der Waals surface area (Å²) >= 11 is 0. The van der Waals surface area contributed by atoms with Gasteiger partial charge in [0.15, 0.2) is 0 Å². The molecule has 0 saturated heterocycles. The van der Waals surface area contributed by atoms with Crippen LogP contribution in [0.1, 0.15) is 26.7 Å². The molecule has 0 aliphatic rings. The number of carbonyl (C=O) groups excluding carboxylic acids is 2. The molecule has 2 amide bonds. The van der Waals surface area contributed by atoms with Gasteiger partial charge >= 0.3 is 5.97 Å². The van der Waals surface area contributed by atoms with Crippen LogP contribution in [-0.4, -0.2) is 28.9 Å². The van der Waals surface area contributed by atoms with Crippen LogP contribution in [0.5, 0.6) is 0 Å². The van der Waals surface area contributed by atoms with E-state index in [1.807, 2.05) is 13.8 Å². The van der Waals surface area contributed by atoms with Gasteiger partial charge < -0.3 is 16.2 Å². The number of nitrogens with one attached hydrogen (secondary N) is 1. The number of carbonyl (C=O) groups is 3. The zero-order valence-corrected chi connectivity index (χ0v) is 8.82. The number of carboxylic acid groups (broad SMARTS) is 1. The lowest BCUT2D eigenvalue weighted by atomic mass is 10.1. The molecule has 0 aromatic carbocycles. The second-order valence-electron chi connectivity index (χ2n) is 3.73.